The van der Waals surface area contributed by atoms with Crippen molar-refractivity contribution in [2.75, 3.05) is 0 Å². The van der Waals surface area contributed by atoms with Gasteiger partial charge in [-0.2, -0.15) is 0 Å². The van der Waals surface area contributed by atoms with E-state index in [-0.39, 0.29) is 0 Å². The fourth-order valence-corrected chi connectivity index (χ4v) is 0. The molecule has 0 aromatic heterocycles. The van der Waals surface area contributed by atoms with E-state index in [1.54, 1.807) is 4.52 Å². The zero-order chi connectivity index (χ0) is 5.41. The number of hydrogen-bond donors (Lipinski definition) is 0. The van der Waals surface area contributed by atoms with Crippen molar-refractivity contribution in [1.29, 1.82) is 0 Å². The van der Waals surface area contributed by atoms with Crippen molar-refractivity contribution < 1.29 is 38.7 Å². The summed E-state index contributed by atoms with van der Waals surface area (Å²) < 4.78 is 1.61. The Morgan fingerprint density at radius 1 is 1.50 bits per heavy atom. The molecule has 0 fully saturated rings. The molecule has 0 aliphatic heterocycles. The Hall–Kier alpha value is 0.787. The third kappa shape index (κ3) is 21.5. The second kappa shape index (κ2) is 17.1. The van der Waals surface area contributed by atoms with Gasteiger partial charge >= 0.3 is 59.8 Å². The van der Waals surface area contributed by atoms with Gasteiger partial charge in [-0.3, -0.25) is 0 Å². The van der Waals surface area contributed by atoms with E-state index >= 15 is 0 Å². The van der Waals surface area contributed by atoms with Crippen LogP contribution in [-0.2, 0) is 38.7 Å². The van der Waals surface area contributed by atoms with Crippen molar-refractivity contribution in [3.8, 4) is 0 Å². The Bertz CT molecular complexity index is 38.1. The molecule has 0 heterocycles. The molecule has 0 aromatic carbocycles. The third-order valence-electron chi connectivity index (χ3n) is 0.0609. The van der Waals surface area contributed by atoms with Gasteiger partial charge in [-0.05, 0) is 0 Å². The summed E-state index contributed by atoms with van der Waals surface area (Å²) in [6.07, 6.45) is 0. The minimum absolute atomic E-state index is 1.08. The van der Waals surface area contributed by atoms with Crippen LogP contribution in [0.3, 0.4) is 0 Å². The SMILES string of the molecule is [CH-]=N[CH]=[W].[CH-]=[W]. The molecule has 0 saturated heterocycles. The van der Waals surface area contributed by atoms with Gasteiger partial charge in [-0.25, -0.2) is 0 Å². The van der Waals surface area contributed by atoms with Crippen LogP contribution in [0.4, 0.5) is 0 Å². The molecule has 0 N–H and O–H groups in total. The molecule has 1 nitrogen and oxygen atoms in total. The van der Waals surface area contributed by atoms with Crippen LogP contribution in [0.15, 0.2) is 4.99 Å². The Labute approximate surface area is 59.7 Å². The van der Waals surface area contributed by atoms with E-state index in [1.807, 2.05) is 0 Å². The maximum atomic E-state index is 4.62. The summed E-state index contributed by atoms with van der Waals surface area (Å²) in [5.41, 5.74) is 0. The topological polar surface area (TPSA) is 12.4 Å². The van der Waals surface area contributed by atoms with Crippen LogP contribution in [0.5, 0.6) is 0 Å². The molecule has 6 heavy (non-hydrogen) atoms. The summed E-state index contributed by atoms with van der Waals surface area (Å²) in [5, 5.41) is 0. The number of rotatable bonds is 1. The molecular formula is C3H3NW2-2. The van der Waals surface area contributed by atoms with Gasteiger partial charge in [0, 0.05) is 0 Å². The second-order valence-electron chi connectivity index (χ2n) is 0.254. The van der Waals surface area contributed by atoms with Crippen molar-refractivity contribution in [2.24, 2.45) is 4.99 Å². The molecule has 0 amide bonds. The summed E-state index contributed by atoms with van der Waals surface area (Å²) >= 11 is 2.37. The first kappa shape index (κ1) is 9.92. The van der Waals surface area contributed by atoms with E-state index < -0.39 is 0 Å². The average molecular weight is 421 g/mol. The number of aliphatic imine (C=N–C) groups is 1. The summed E-state index contributed by atoms with van der Waals surface area (Å²) in [7, 11) is 0. The van der Waals surface area contributed by atoms with Crippen molar-refractivity contribution in [1.82, 2.24) is 0 Å². The molecule has 0 saturated carbocycles. The number of nitrogens with zero attached hydrogens (tertiary/aromatic N) is 1. The van der Waals surface area contributed by atoms with Crippen LogP contribution in [0.2, 0.25) is 0 Å². The van der Waals surface area contributed by atoms with E-state index in [4.69, 9.17) is 0 Å². The van der Waals surface area contributed by atoms with E-state index in [9.17, 15) is 0 Å². The van der Waals surface area contributed by atoms with Gasteiger partial charge in [0.2, 0.25) is 0 Å². The van der Waals surface area contributed by atoms with Crippen LogP contribution in [-0.4, -0.2) is 16.1 Å². The average Bonchev–Trinajstić information content (AvgIpc) is 1.72. The monoisotopic (exact) mass is 421 g/mol. The molecule has 34 valence electrons. The van der Waals surface area contributed by atoms with Crippen molar-refractivity contribution in [3.63, 3.8) is 0 Å². The van der Waals surface area contributed by atoms with E-state index in [0.29, 0.717) is 0 Å². The molecule has 3 heteroatoms. The molecule has 0 bridgehead atoms. The molecular weight excluding hydrogens is 418 g/mol. The Kier molecular flexibility index (Phi) is 28.2. The van der Waals surface area contributed by atoms with Gasteiger partial charge in [0.1, 0.15) is 0 Å². The molecule has 0 aliphatic carbocycles. The molecule has 0 rings (SSSR count). The second-order valence-corrected chi connectivity index (χ2v) is 1.01. The van der Waals surface area contributed by atoms with Gasteiger partial charge < -0.3 is 0 Å². The van der Waals surface area contributed by atoms with Crippen LogP contribution in [0.1, 0.15) is 0 Å². The van der Waals surface area contributed by atoms with Crippen LogP contribution in [0.25, 0.3) is 0 Å². The van der Waals surface area contributed by atoms with Gasteiger partial charge in [-0.15, -0.1) is 0 Å². The van der Waals surface area contributed by atoms with Gasteiger partial charge in [-0.1, -0.05) is 0 Å². The number of hydrogen-bond acceptors (Lipinski definition) is 1. The van der Waals surface area contributed by atoms with Gasteiger partial charge in [0.15, 0.2) is 0 Å². The predicted octanol–water partition coefficient (Wildman–Crippen LogP) is -0.287. The van der Waals surface area contributed by atoms with Crippen LogP contribution >= 0.6 is 0 Å². The van der Waals surface area contributed by atoms with Crippen LogP contribution in [0, 0.1) is 0 Å². The van der Waals surface area contributed by atoms with Crippen molar-refractivity contribution in [3.05, 3.63) is 0 Å². The standard InChI is InChI=1S/C2H2N.CH.2W/c1-3-2;;;/h1-2H;1H;;/q2*-1;;. The fraction of sp³-hybridized carbons (Fsp3) is 0. The summed E-state index contributed by atoms with van der Waals surface area (Å²) in [5.74, 6) is 0. The molecule has 0 aromatic rings. The van der Waals surface area contributed by atoms with E-state index in [1.165, 1.54) is 19.4 Å². The molecule has 0 spiro atoms. The van der Waals surface area contributed by atoms with E-state index in [0.717, 1.165) is 19.4 Å². The maximum absolute atomic E-state index is 4.62. The summed E-state index contributed by atoms with van der Waals surface area (Å²) in [4.78, 5) is 7.73. The predicted molar refractivity (Wildman–Crippen MR) is 20.6 cm³/mol. The van der Waals surface area contributed by atoms with Gasteiger partial charge in [0.05, 0.1) is 0 Å². The molecule has 0 unspecified atom stereocenters. The Balaban J connectivity index is 0. The molecule has 0 atom stereocenters. The Morgan fingerprint density at radius 2 is 1.67 bits per heavy atom. The van der Waals surface area contributed by atoms with Gasteiger partial charge in [0.25, 0.3) is 0 Å². The first-order valence-electron chi connectivity index (χ1n) is 0.988. The van der Waals surface area contributed by atoms with Crippen LogP contribution < -0.4 is 0 Å². The first-order chi connectivity index (χ1) is 2.91. The quantitative estimate of drug-likeness (QED) is 0.408. The minimum atomic E-state index is 1.08. The molecule has 0 aliphatic rings. The van der Waals surface area contributed by atoms with Crippen molar-refractivity contribution >= 4 is 16.1 Å². The fourth-order valence-electron chi connectivity index (χ4n) is 0. The Morgan fingerprint density at radius 3 is 1.67 bits per heavy atom. The normalized spacial score (nSPS) is 4.00. The molecule has 0 radical (unpaired) electrons. The zero-order valence-electron chi connectivity index (χ0n) is 3.00. The summed E-state index contributed by atoms with van der Waals surface area (Å²) in [6, 6.07) is 0. The third-order valence-corrected chi connectivity index (χ3v) is 0.498. The zero-order valence-corrected chi connectivity index (χ0v) is 8.86. The van der Waals surface area contributed by atoms with Crippen molar-refractivity contribution in [2.45, 2.75) is 0 Å². The first-order valence-corrected chi connectivity index (χ1v) is 4.38. The summed E-state index contributed by atoms with van der Waals surface area (Å²) in [6.45, 7) is 4.62. The van der Waals surface area contributed by atoms with E-state index in [2.05, 4.69) is 16.6 Å².